The van der Waals surface area contributed by atoms with Gasteiger partial charge >= 0.3 is 5.97 Å². The van der Waals surface area contributed by atoms with Crippen LogP contribution in [0.25, 0.3) is 0 Å². The van der Waals surface area contributed by atoms with Gasteiger partial charge in [0.05, 0.1) is 6.04 Å². The average molecular weight is 228 g/mol. The Bertz CT molecular complexity index is 262. The summed E-state index contributed by atoms with van der Waals surface area (Å²) in [6, 6.07) is -0.995. The highest BCUT2D eigenvalue weighted by Gasteiger charge is 2.29. The smallest absolute Gasteiger partial charge is 0.326 e. The molecule has 0 spiro atoms. The van der Waals surface area contributed by atoms with Crippen molar-refractivity contribution >= 4 is 11.9 Å². The Hall–Kier alpha value is -1.10. The SMILES string of the molecule is CC[C@H](C)[C@H](NC(=O)[C@H]1CCCN1)C(=O)O. The Balaban J connectivity index is 2.53. The third-order valence-corrected chi connectivity index (χ3v) is 3.15. The fourth-order valence-corrected chi connectivity index (χ4v) is 1.85. The fraction of sp³-hybridized carbons (Fsp3) is 0.818. The molecule has 92 valence electrons. The minimum Gasteiger partial charge on any atom is -0.480 e. The maximum atomic E-state index is 11.7. The first-order valence-corrected chi connectivity index (χ1v) is 5.82. The number of aliphatic carboxylic acids is 1. The van der Waals surface area contributed by atoms with E-state index in [0.717, 1.165) is 25.8 Å². The lowest BCUT2D eigenvalue weighted by Crippen LogP contribution is -2.50. The van der Waals surface area contributed by atoms with Crippen molar-refractivity contribution < 1.29 is 14.7 Å². The van der Waals surface area contributed by atoms with Crippen molar-refractivity contribution in [2.24, 2.45) is 5.92 Å². The molecule has 1 amide bonds. The van der Waals surface area contributed by atoms with Gasteiger partial charge in [0, 0.05) is 0 Å². The standard InChI is InChI=1S/C11H20N2O3/c1-3-7(2)9(11(15)16)13-10(14)8-5-4-6-12-8/h7-9,12H,3-6H2,1-2H3,(H,13,14)(H,15,16)/t7-,8+,9-/m0/s1. The molecule has 0 aromatic carbocycles. The van der Waals surface area contributed by atoms with Crippen LogP contribution < -0.4 is 10.6 Å². The summed E-state index contributed by atoms with van der Waals surface area (Å²) in [6.07, 6.45) is 2.49. The molecule has 0 aromatic rings. The Morgan fingerprint density at radius 3 is 2.69 bits per heavy atom. The number of hydrogen-bond donors (Lipinski definition) is 3. The first-order valence-electron chi connectivity index (χ1n) is 5.82. The Labute approximate surface area is 95.6 Å². The molecule has 0 bridgehead atoms. The molecule has 3 atom stereocenters. The van der Waals surface area contributed by atoms with E-state index in [0.29, 0.717) is 0 Å². The second-order valence-electron chi connectivity index (χ2n) is 4.36. The van der Waals surface area contributed by atoms with Gasteiger partial charge in [-0.25, -0.2) is 4.79 Å². The maximum absolute atomic E-state index is 11.7. The van der Waals surface area contributed by atoms with E-state index in [-0.39, 0.29) is 17.9 Å². The highest BCUT2D eigenvalue weighted by molar-refractivity contribution is 5.87. The van der Waals surface area contributed by atoms with Crippen molar-refractivity contribution in [2.75, 3.05) is 6.54 Å². The Morgan fingerprint density at radius 1 is 1.56 bits per heavy atom. The molecule has 1 saturated heterocycles. The van der Waals surface area contributed by atoms with Gasteiger partial charge in [-0.05, 0) is 25.3 Å². The van der Waals surface area contributed by atoms with Gasteiger partial charge in [0.15, 0.2) is 0 Å². The van der Waals surface area contributed by atoms with Crippen LogP contribution in [-0.2, 0) is 9.59 Å². The topological polar surface area (TPSA) is 78.4 Å². The number of nitrogens with one attached hydrogen (secondary N) is 2. The van der Waals surface area contributed by atoms with E-state index < -0.39 is 12.0 Å². The van der Waals surface area contributed by atoms with E-state index in [1.54, 1.807) is 0 Å². The van der Waals surface area contributed by atoms with Gasteiger partial charge in [-0.3, -0.25) is 4.79 Å². The summed E-state index contributed by atoms with van der Waals surface area (Å²) in [5.41, 5.74) is 0. The van der Waals surface area contributed by atoms with Crippen LogP contribution in [0.4, 0.5) is 0 Å². The van der Waals surface area contributed by atoms with Crippen LogP contribution in [0.15, 0.2) is 0 Å². The van der Waals surface area contributed by atoms with Gasteiger partial charge in [0.1, 0.15) is 6.04 Å². The number of amides is 1. The summed E-state index contributed by atoms with van der Waals surface area (Å²) in [5, 5.41) is 14.7. The minimum absolute atomic E-state index is 0.0529. The number of carbonyl (C=O) groups is 2. The lowest BCUT2D eigenvalue weighted by atomic mass is 9.99. The third kappa shape index (κ3) is 3.20. The van der Waals surface area contributed by atoms with Crippen LogP contribution in [0, 0.1) is 5.92 Å². The molecule has 16 heavy (non-hydrogen) atoms. The normalized spacial score (nSPS) is 23.8. The molecule has 1 aliphatic heterocycles. The van der Waals surface area contributed by atoms with E-state index in [2.05, 4.69) is 10.6 Å². The molecule has 0 aromatic heterocycles. The first-order chi connectivity index (χ1) is 7.56. The predicted molar refractivity (Wildman–Crippen MR) is 60.0 cm³/mol. The van der Waals surface area contributed by atoms with E-state index >= 15 is 0 Å². The zero-order valence-corrected chi connectivity index (χ0v) is 9.82. The molecule has 1 fully saturated rings. The molecule has 5 heteroatoms. The Kier molecular flexibility index (Phi) is 4.73. The van der Waals surface area contributed by atoms with Crippen LogP contribution in [0.1, 0.15) is 33.1 Å². The highest BCUT2D eigenvalue weighted by atomic mass is 16.4. The number of carbonyl (C=O) groups excluding carboxylic acids is 1. The maximum Gasteiger partial charge on any atom is 0.326 e. The van der Waals surface area contributed by atoms with Gasteiger partial charge in [0.2, 0.25) is 5.91 Å². The van der Waals surface area contributed by atoms with Crippen LogP contribution in [0.5, 0.6) is 0 Å². The quantitative estimate of drug-likeness (QED) is 0.634. The van der Waals surface area contributed by atoms with E-state index in [9.17, 15) is 9.59 Å². The first kappa shape index (κ1) is 13.0. The fourth-order valence-electron chi connectivity index (χ4n) is 1.85. The summed E-state index contributed by atoms with van der Waals surface area (Å²) >= 11 is 0. The zero-order chi connectivity index (χ0) is 12.1. The molecule has 3 N–H and O–H groups in total. The average Bonchev–Trinajstić information content (AvgIpc) is 2.77. The van der Waals surface area contributed by atoms with Crippen molar-refractivity contribution in [2.45, 2.75) is 45.2 Å². The molecule has 0 aliphatic carbocycles. The third-order valence-electron chi connectivity index (χ3n) is 3.15. The van der Waals surface area contributed by atoms with E-state index in [4.69, 9.17) is 5.11 Å². The predicted octanol–water partition coefficient (Wildman–Crippen LogP) is 0.354. The Morgan fingerprint density at radius 2 is 2.25 bits per heavy atom. The van der Waals surface area contributed by atoms with Crippen molar-refractivity contribution in [3.05, 3.63) is 0 Å². The zero-order valence-electron chi connectivity index (χ0n) is 9.82. The molecule has 1 aliphatic rings. The van der Waals surface area contributed by atoms with Crippen molar-refractivity contribution in [3.8, 4) is 0 Å². The molecule has 0 unspecified atom stereocenters. The molecular weight excluding hydrogens is 208 g/mol. The van der Waals surface area contributed by atoms with Crippen LogP contribution in [-0.4, -0.2) is 35.6 Å². The summed E-state index contributed by atoms with van der Waals surface area (Å²) in [6.45, 7) is 4.58. The second kappa shape index (κ2) is 5.84. The van der Waals surface area contributed by atoms with Gasteiger partial charge in [-0.1, -0.05) is 20.3 Å². The van der Waals surface area contributed by atoms with Gasteiger partial charge < -0.3 is 15.7 Å². The molecular formula is C11H20N2O3. The lowest BCUT2D eigenvalue weighted by Gasteiger charge is -2.22. The van der Waals surface area contributed by atoms with Crippen LogP contribution >= 0.6 is 0 Å². The van der Waals surface area contributed by atoms with Gasteiger partial charge in [-0.2, -0.15) is 0 Å². The van der Waals surface area contributed by atoms with Crippen LogP contribution in [0.3, 0.4) is 0 Å². The number of hydrogen-bond acceptors (Lipinski definition) is 3. The summed E-state index contributed by atoms with van der Waals surface area (Å²) in [7, 11) is 0. The van der Waals surface area contributed by atoms with Gasteiger partial charge in [0.25, 0.3) is 0 Å². The van der Waals surface area contributed by atoms with Crippen molar-refractivity contribution in [1.82, 2.24) is 10.6 Å². The monoisotopic (exact) mass is 228 g/mol. The number of rotatable bonds is 5. The molecule has 0 radical (unpaired) electrons. The van der Waals surface area contributed by atoms with Gasteiger partial charge in [-0.15, -0.1) is 0 Å². The van der Waals surface area contributed by atoms with E-state index in [1.165, 1.54) is 0 Å². The lowest BCUT2D eigenvalue weighted by molar-refractivity contribution is -0.143. The largest absolute Gasteiger partial charge is 0.480 e. The van der Waals surface area contributed by atoms with Crippen molar-refractivity contribution in [1.29, 1.82) is 0 Å². The molecule has 1 rings (SSSR count). The highest BCUT2D eigenvalue weighted by Crippen LogP contribution is 2.10. The molecule has 5 nitrogen and oxygen atoms in total. The summed E-state index contributed by atoms with van der Waals surface area (Å²) in [5.74, 6) is -1.20. The second-order valence-corrected chi connectivity index (χ2v) is 4.36. The summed E-state index contributed by atoms with van der Waals surface area (Å²) in [4.78, 5) is 22.8. The number of carboxylic acid groups (broad SMARTS) is 1. The molecule has 0 saturated carbocycles. The minimum atomic E-state index is -0.958. The van der Waals surface area contributed by atoms with Crippen LogP contribution in [0.2, 0.25) is 0 Å². The van der Waals surface area contributed by atoms with E-state index in [1.807, 2.05) is 13.8 Å². The molecule has 1 heterocycles. The number of carboxylic acids is 1. The summed E-state index contributed by atoms with van der Waals surface area (Å²) < 4.78 is 0. The van der Waals surface area contributed by atoms with Crippen molar-refractivity contribution in [3.63, 3.8) is 0 Å².